The molecule has 0 saturated carbocycles. The monoisotopic (exact) mass is 464 g/mol. The van der Waals surface area contributed by atoms with Gasteiger partial charge in [0.05, 0.1) is 6.10 Å². The van der Waals surface area contributed by atoms with Gasteiger partial charge in [-0.25, -0.2) is 0 Å². The van der Waals surface area contributed by atoms with Gasteiger partial charge in [-0.1, -0.05) is 36.4 Å². The smallest absolute Gasteiger partial charge is 0.257 e. The van der Waals surface area contributed by atoms with Gasteiger partial charge >= 0.3 is 0 Å². The second-order valence-corrected chi connectivity index (χ2v) is 7.89. The van der Waals surface area contributed by atoms with Gasteiger partial charge < -0.3 is 19.5 Å². The lowest BCUT2D eigenvalue weighted by atomic mass is 10.2. The molecule has 33 heavy (non-hydrogen) atoms. The van der Waals surface area contributed by atoms with Crippen molar-refractivity contribution in [3.8, 4) is 17.2 Å². The summed E-state index contributed by atoms with van der Waals surface area (Å²) in [5, 5.41) is 5.99. The van der Waals surface area contributed by atoms with Crippen molar-refractivity contribution in [2.75, 3.05) is 13.2 Å². The Labute approximate surface area is 199 Å². The maximum atomic E-state index is 12.5. The minimum atomic E-state index is -0.306. The van der Waals surface area contributed by atoms with Crippen molar-refractivity contribution in [2.24, 2.45) is 0 Å². The van der Waals surface area contributed by atoms with Gasteiger partial charge in [0, 0.05) is 12.1 Å². The van der Waals surface area contributed by atoms with Gasteiger partial charge in [-0.2, -0.15) is 0 Å². The Bertz CT molecular complexity index is 1040. The van der Waals surface area contributed by atoms with E-state index in [0.717, 1.165) is 17.1 Å². The van der Waals surface area contributed by atoms with Gasteiger partial charge in [0.2, 0.25) is 0 Å². The van der Waals surface area contributed by atoms with Crippen LogP contribution < -0.4 is 24.8 Å². The lowest BCUT2D eigenvalue weighted by molar-refractivity contribution is 0.0976. The summed E-state index contributed by atoms with van der Waals surface area (Å²) in [6, 6.07) is 24.2. The van der Waals surface area contributed by atoms with Crippen molar-refractivity contribution in [3.05, 3.63) is 90.0 Å². The Kier molecular flexibility index (Phi) is 9.08. The minimum Gasteiger partial charge on any atom is -0.491 e. The average molecular weight is 465 g/mol. The molecule has 6 nitrogen and oxygen atoms in total. The molecule has 7 heteroatoms. The van der Waals surface area contributed by atoms with Crippen LogP contribution in [0.2, 0.25) is 0 Å². The SMILES string of the molecule is CC(C)Oc1ccc(CNC(=S)NC(=O)c2cccc(OCCOc3ccccc3)c2)cc1. The summed E-state index contributed by atoms with van der Waals surface area (Å²) in [4.78, 5) is 12.5. The molecule has 2 N–H and O–H groups in total. The second-order valence-electron chi connectivity index (χ2n) is 7.49. The molecular formula is C26H28N2O4S. The number of amides is 1. The lowest BCUT2D eigenvalue weighted by Crippen LogP contribution is -2.38. The quantitative estimate of drug-likeness (QED) is 0.334. The number of thiocarbonyl (C=S) groups is 1. The fraction of sp³-hybridized carbons (Fsp3) is 0.231. The molecule has 0 atom stereocenters. The zero-order valence-electron chi connectivity index (χ0n) is 18.7. The van der Waals surface area contributed by atoms with Crippen LogP contribution in [0.1, 0.15) is 29.8 Å². The molecule has 3 aromatic carbocycles. The minimum absolute atomic E-state index is 0.128. The number of rotatable bonds is 10. The number of nitrogens with one attached hydrogen (secondary N) is 2. The van der Waals surface area contributed by atoms with E-state index < -0.39 is 0 Å². The number of benzene rings is 3. The normalized spacial score (nSPS) is 10.4. The first-order valence-electron chi connectivity index (χ1n) is 10.7. The van der Waals surface area contributed by atoms with E-state index in [1.165, 1.54) is 0 Å². The molecule has 0 fully saturated rings. The summed E-state index contributed by atoms with van der Waals surface area (Å²) in [5.41, 5.74) is 1.48. The lowest BCUT2D eigenvalue weighted by Gasteiger charge is -2.12. The molecular weight excluding hydrogens is 436 g/mol. The molecule has 1 amide bonds. The molecule has 172 valence electrons. The van der Waals surface area contributed by atoms with Crippen LogP contribution in [0.25, 0.3) is 0 Å². The van der Waals surface area contributed by atoms with E-state index in [-0.39, 0.29) is 17.1 Å². The van der Waals surface area contributed by atoms with Gasteiger partial charge in [-0.3, -0.25) is 10.1 Å². The second kappa shape index (κ2) is 12.5. The molecule has 0 spiro atoms. The third-order valence-electron chi connectivity index (χ3n) is 4.44. The number of carbonyl (C=O) groups is 1. The molecule has 0 heterocycles. The van der Waals surface area contributed by atoms with Gasteiger partial charge in [0.15, 0.2) is 5.11 Å². The molecule has 3 rings (SSSR count). The highest BCUT2D eigenvalue weighted by Gasteiger charge is 2.09. The van der Waals surface area contributed by atoms with Crippen LogP contribution in [0.5, 0.6) is 17.2 Å². The summed E-state index contributed by atoms with van der Waals surface area (Å²) in [6.45, 7) is 5.23. The van der Waals surface area contributed by atoms with E-state index in [1.807, 2.05) is 68.4 Å². The molecule has 0 saturated heterocycles. The Morgan fingerprint density at radius 2 is 1.52 bits per heavy atom. The first-order chi connectivity index (χ1) is 16.0. The fourth-order valence-corrected chi connectivity index (χ4v) is 3.09. The summed E-state index contributed by atoms with van der Waals surface area (Å²) < 4.78 is 16.9. The van der Waals surface area contributed by atoms with E-state index in [4.69, 9.17) is 26.4 Å². The van der Waals surface area contributed by atoms with Gasteiger partial charge in [0.1, 0.15) is 30.5 Å². The number of hydrogen-bond acceptors (Lipinski definition) is 5. The number of hydrogen-bond donors (Lipinski definition) is 2. The van der Waals surface area contributed by atoms with Crippen molar-refractivity contribution < 1.29 is 19.0 Å². The Morgan fingerprint density at radius 1 is 0.848 bits per heavy atom. The third-order valence-corrected chi connectivity index (χ3v) is 4.68. The largest absolute Gasteiger partial charge is 0.491 e. The first-order valence-corrected chi connectivity index (χ1v) is 11.2. The molecule has 0 bridgehead atoms. The zero-order chi connectivity index (χ0) is 23.5. The Hall–Kier alpha value is -3.58. The molecule has 0 aliphatic carbocycles. The van der Waals surface area contributed by atoms with Crippen molar-refractivity contribution in [2.45, 2.75) is 26.5 Å². The fourth-order valence-electron chi connectivity index (χ4n) is 2.92. The topological polar surface area (TPSA) is 68.8 Å². The van der Waals surface area contributed by atoms with Crippen molar-refractivity contribution >= 4 is 23.2 Å². The Morgan fingerprint density at radius 3 is 2.21 bits per heavy atom. The third kappa shape index (κ3) is 8.46. The van der Waals surface area contributed by atoms with Crippen LogP contribution in [0.4, 0.5) is 0 Å². The average Bonchev–Trinajstić information content (AvgIpc) is 2.82. The van der Waals surface area contributed by atoms with E-state index in [0.29, 0.717) is 31.1 Å². The summed E-state index contributed by atoms with van der Waals surface area (Å²) in [5.74, 6) is 1.88. The summed E-state index contributed by atoms with van der Waals surface area (Å²) >= 11 is 5.26. The number of carbonyl (C=O) groups excluding carboxylic acids is 1. The van der Waals surface area contributed by atoms with Gasteiger partial charge in [-0.05, 0) is 74.1 Å². The van der Waals surface area contributed by atoms with Crippen molar-refractivity contribution in [1.29, 1.82) is 0 Å². The maximum Gasteiger partial charge on any atom is 0.257 e. The molecule has 0 aliphatic heterocycles. The van der Waals surface area contributed by atoms with Crippen LogP contribution in [-0.4, -0.2) is 30.3 Å². The van der Waals surface area contributed by atoms with Crippen LogP contribution in [0.15, 0.2) is 78.9 Å². The van der Waals surface area contributed by atoms with E-state index in [9.17, 15) is 4.79 Å². The first kappa shape index (κ1) is 24.1. The van der Waals surface area contributed by atoms with Crippen molar-refractivity contribution in [1.82, 2.24) is 10.6 Å². The Balaban J connectivity index is 1.42. The molecule has 0 unspecified atom stereocenters. The number of ether oxygens (including phenoxy) is 3. The van der Waals surface area contributed by atoms with Crippen LogP contribution in [0.3, 0.4) is 0 Å². The van der Waals surface area contributed by atoms with Crippen LogP contribution in [0, 0.1) is 0 Å². The van der Waals surface area contributed by atoms with Gasteiger partial charge in [-0.15, -0.1) is 0 Å². The molecule has 3 aromatic rings. The standard InChI is InChI=1S/C26H28N2O4S/c1-19(2)32-23-13-11-20(12-14-23)18-27-26(33)28-25(29)21-7-6-10-24(17-21)31-16-15-30-22-8-4-3-5-9-22/h3-14,17,19H,15-16,18H2,1-2H3,(H2,27,28,29,33). The predicted molar refractivity (Wildman–Crippen MR) is 133 cm³/mol. The highest BCUT2D eigenvalue weighted by molar-refractivity contribution is 7.80. The van der Waals surface area contributed by atoms with E-state index in [1.54, 1.807) is 24.3 Å². The maximum absolute atomic E-state index is 12.5. The predicted octanol–water partition coefficient (Wildman–Crippen LogP) is 4.74. The van der Waals surface area contributed by atoms with Gasteiger partial charge in [0.25, 0.3) is 5.91 Å². The van der Waals surface area contributed by atoms with E-state index >= 15 is 0 Å². The van der Waals surface area contributed by atoms with Crippen LogP contribution in [-0.2, 0) is 6.54 Å². The number of para-hydroxylation sites is 1. The highest BCUT2D eigenvalue weighted by atomic mass is 32.1. The zero-order valence-corrected chi connectivity index (χ0v) is 19.6. The summed E-state index contributed by atoms with van der Waals surface area (Å²) in [6.07, 6.45) is 0.128. The molecule has 0 aromatic heterocycles. The highest BCUT2D eigenvalue weighted by Crippen LogP contribution is 2.15. The van der Waals surface area contributed by atoms with E-state index in [2.05, 4.69) is 10.6 Å². The molecule has 0 aliphatic rings. The van der Waals surface area contributed by atoms with Crippen molar-refractivity contribution in [3.63, 3.8) is 0 Å². The van der Waals surface area contributed by atoms with Crippen LogP contribution >= 0.6 is 12.2 Å². The summed E-state index contributed by atoms with van der Waals surface area (Å²) in [7, 11) is 0. The molecule has 0 radical (unpaired) electrons.